The van der Waals surface area contributed by atoms with Crippen LogP contribution in [0.5, 0.6) is 0 Å². The lowest BCUT2D eigenvalue weighted by Gasteiger charge is -2.31. The molecule has 0 spiro atoms. The predicted octanol–water partition coefficient (Wildman–Crippen LogP) is 1.98. The van der Waals surface area contributed by atoms with E-state index in [0.717, 1.165) is 18.3 Å². The highest BCUT2D eigenvalue weighted by Crippen LogP contribution is 2.18. The lowest BCUT2D eigenvalue weighted by atomic mass is 10.2. The van der Waals surface area contributed by atoms with E-state index in [9.17, 15) is 0 Å². The van der Waals surface area contributed by atoms with E-state index in [0.29, 0.717) is 6.04 Å². The van der Waals surface area contributed by atoms with E-state index in [2.05, 4.69) is 49.3 Å². The molecule has 15 heavy (non-hydrogen) atoms. The summed E-state index contributed by atoms with van der Waals surface area (Å²) in [5.41, 5.74) is 1.31. The monoisotopic (exact) mass is 228 g/mol. The molecule has 88 valence electrons. The summed E-state index contributed by atoms with van der Waals surface area (Å²) < 4.78 is 0. The quantitative estimate of drug-likeness (QED) is 0.724. The Balaban J connectivity index is 2.19. The van der Waals surface area contributed by atoms with Crippen LogP contribution in [0.1, 0.15) is 20.8 Å². The van der Waals surface area contributed by atoms with Gasteiger partial charge in [-0.3, -0.25) is 4.90 Å². The van der Waals surface area contributed by atoms with Crippen LogP contribution in [0.15, 0.2) is 12.2 Å². The summed E-state index contributed by atoms with van der Waals surface area (Å²) in [7, 11) is 0. The minimum absolute atomic E-state index is 0.553. The summed E-state index contributed by atoms with van der Waals surface area (Å²) in [6.45, 7) is 15.2. The molecule has 0 aromatic rings. The highest BCUT2D eigenvalue weighted by atomic mass is 32.2. The van der Waals surface area contributed by atoms with Gasteiger partial charge in [0.25, 0.3) is 0 Å². The van der Waals surface area contributed by atoms with E-state index < -0.39 is 0 Å². The van der Waals surface area contributed by atoms with Crippen molar-refractivity contribution in [2.24, 2.45) is 0 Å². The van der Waals surface area contributed by atoms with Crippen molar-refractivity contribution in [3.63, 3.8) is 0 Å². The number of nitrogens with one attached hydrogen (secondary N) is 1. The smallest absolute Gasteiger partial charge is 0.0203 e. The number of nitrogens with zero attached hydrogens (tertiary/aromatic N) is 1. The molecule has 1 atom stereocenters. The molecule has 1 unspecified atom stereocenters. The van der Waals surface area contributed by atoms with Gasteiger partial charge in [0.2, 0.25) is 0 Å². The average Bonchev–Trinajstić information content (AvgIpc) is 2.15. The Hall–Kier alpha value is 0.0100. The largest absolute Gasteiger partial charge is 0.311 e. The van der Waals surface area contributed by atoms with Crippen molar-refractivity contribution in [3.8, 4) is 0 Å². The van der Waals surface area contributed by atoms with Crippen molar-refractivity contribution in [1.29, 1.82) is 0 Å². The molecule has 0 saturated carbocycles. The van der Waals surface area contributed by atoms with Gasteiger partial charge >= 0.3 is 0 Å². The first-order chi connectivity index (χ1) is 7.08. The van der Waals surface area contributed by atoms with Crippen LogP contribution in [0.4, 0.5) is 0 Å². The van der Waals surface area contributed by atoms with E-state index in [4.69, 9.17) is 0 Å². The first-order valence-corrected chi connectivity index (χ1v) is 6.87. The zero-order valence-corrected chi connectivity index (χ0v) is 11.1. The third-order valence-electron chi connectivity index (χ3n) is 2.53. The maximum Gasteiger partial charge on any atom is 0.0203 e. The summed E-state index contributed by atoms with van der Waals surface area (Å²) >= 11 is 2.08. The molecule has 0 aliphatic carbocycles. The molecule has 0 radical (unpaired) electrons. The molecule has 1 N–H and O–H groups in total. The van der Waals surface area contributed by atoms with Crippen LogP contribution in [0.25, 0.3) is 0 Å². The first-order valence-electron chi connectivity index (χ1n) is 5.82. The molecule has 0 amide bonds. The van der Waals surface area contributed by atoms with E-state index in [1.54, 1.807) is 0 Å². The average molecular weight is 228 g/mol. The highest BCUT2D eigenvalue weighted by molar-refractivity contribution is 7.99. The van der Waals surface area contributed by atoms with Gasteiger partial charge in [-0.15, -0.1) is 0 Å². The molecular weight excluding hydrogens is 204 g/mol. The zero-order valence-electron chi connectivity index (χ0n) is 10.3. The van der Waals surface area contributed by atoms with Gasteiger partial charge in [0, 0.05) is 43.2 Å². The molecule has 1 saturated heterocycles. The molecule has 1 aliphatic rings. The molecule has 0 bridgehead atoms. The topological polar surface area (TPSA) is 15.3 Å². The van der Waals surface area contributed by atoms with Crippen molar-refractivity contribution in [3.05, 3.63) is 12.2 Å². The molecule has 1 fully saturated rings. The lowest BCUT2D eigenvalue weighted by molar-refractivity contribution is 0.307. The van der Waals surface area contributed by atoms with Crippen LogP contribution in [0.2, 0.25) is 0 Å². The standard InChI is InChI=1S/C12H24N2S/c1-10(2)13-7-11(3)8-14-5-6-15-12(4)9-14/h10,12-13H,3,5-9H2,1-2,4H3. The molecule has 2 nitrogen and oxygen atoms in total. The lowest BCUT2D eigenvalue weighted by Crippen LogP contribution is -2.39. The minimum atomic E-state index is 0.553. The summed E-state index contributed by atoms with van der Waals surface area (Å²) in [4.78, 5) is 2.52. The molecule has 1 rings (SSSR count). The van der Waals surface area contributed by atoms with Gasteiger partial charge < -0.3 is 5.32 Å². The second kappa shape index (κ2) is 6.56. The molecular formula is C12H24N2S. The van der Waals surface area contributed by atoms with E-state index in [1.165, 1.54) is 24.4 Å². The summed E-state index contributed by atoms with van der Waals surface area (Å²) in [6, 6.07) is 0.553. The van der Waals surface area contributed by atoms with Crippen molar-refractivity contribution in [1.82, 2.24) is 10.2 Å². The molecule has 1 heterocycles. The second-order valence-electron chi connectivity index (χ2n) is 4.70. The van der Waals surface area contributed by atoms with Gasteiger partial charge in [-0.25, -0.2) is 0 Å². The molecule has 0 aromatic heterocycles. The van der Waals surface area contributed by atoms with Gasteiger partial charge in [0.05, 0.1) is 0 Å². The van der Waals surface area contributed by atoms with Crippen LogP contribution < -0.4 is 5.32 Å². The number of rotatable bonds is 5. The second-order valence-corrected chi connectivity index (χ2v) is 6.25. The van der Waals surface area contributed by atoms with Crippen LogP contribution in [0, 0.1) is 0 Å². The maximum absolute atomic E-state index is 4.13. The number of hydrogen-bond acceptors (Lipinski definition) is 3. The Labute approximate surface area is 98.5 Å². The summed E-state index contributed by atoms with van der Waals surface area (Å²) in [5.74, 6) is 1.27. The highest BCUT2D eigenvalue weighted by Gasteiger charge is 2.16. The van der Waals surface area contributed by atoms with Gasteiger partial charge in [-0.2, -0.15) is 11.8 Å². The fourth-order valence-electron chi connectivity index (χ4n) is 1.75. The van der Waals surface area contributed by atoms with Gasteiger partial charge in [0.1, 0.15) is 0 Å². The first kappa shape index (κ1) is 13.1. The zero-order chi connectivity index (χ0) is 11.3. The molecule has 3 heteroatoms. The van der Waals surface area contributed by atoms with Gasteiger partial charge in [-0.1, -0.05) is 27.4 Å². The van der Waals surface area contributed by atoms with Crippen LogP contribution in [-0.2, 0) is 0 Å². The van der Waals surface area contributed by atoms with Crippen molar-refractivity contribution in [2.75, 3.05) is 31.9 Å². The van der Waals surface area contributed by atoms with E-state index in [1.807, 2.05) is 0 Å². The maximum atomic E-state index is 4.13. The molecule has 1 aliphatic heterocycles. The Bertz CT molecular complexity index is 204. The van der Waals surface area contributed by atoms with E-state index in [-0.39, 0.29) is 0 Å². The minimum Gasteiger partial charge on any atom is -0.311 e. The number of hydrogen-bond donors (Lipinski definition) is 1. The van der Waals surface area contributed by atoms with Crippen LogP contribution in [-0.4, -0.2) is 48.1 Å². The summed E-state index contributed by atoms with van der Waals surface area (Å²) in [6.07, 6.45) is 0. The Kier molecular flexibility index (Phi) is 5.72. The Morgan fingerprint density at radius 2 is 2.33 bits per heavy atom. The summed E-state index contributed by atoms with van der Waals surface area (Å²) in [5, 5.41) is 4.20. The normalized spacial score (nSPS) is 23.3. The fourth-order valence-corrected chi connectivity index (χ4v) is 2.84. The van der Waals surface area contributed by atoms with E-state index >= 15 is 0 Å². The van der Waals surface area contributed by atoms with Crippen LogP contribution in [0.3, 0.4) is 0 Å². The van der Waals surface area contributed by atoms with Crippen LogP contribution >= 0.6 is 11.8 Å². The predicted molar refractivity (Wildman–Crippen MR) is 70.6 cm³/mol. The molecule has 0 aromatic carbocycles. The van der Waals surface area contributed by atoms with Crippen molar-refractivity contribution in [2.45, 2.75) is 32.1 Å². The fraction of sp³-hybridized carbons (Fsp3) is 0.833. The third-order valence-corrected chi connectivity index (χ3v) is 3.67. The van der Waals surface area contributed by atoms with Crippen molar-refractivity contribution >= 4 is 11.8 Å². The van der Waals surface area contributed by atoms with Gasteiger partial charge in [-0.05, 0) is 5.57 Å². The van der Waals surface area contributed by atoms with Crippen molar-refractivity contribution < 1.29 is 0 Å². The third kappa shape index (κ3) is 5.59. The Morgan fingerprint density at radius 1 is 1.60 bits per heavy atom. The SMILES string of the molecule is C=C(CNC(C)C)CN1CCSC(C)C1. The Morgan fingerprint density at radius 3 is 2.93 bits per heavy atom. The van der Waals surface area contributed by atoms with Gasteiger partial charge in [0.15, 0.2) is 0 Å². The number of thioether (sulfide) groups is 1.